The van der Waals surface area contributed by atoms with Gasteiger partial charge in [-0.2, -0.15) is 0 Å². The average molecular weight is 244 g/mol. The van der Waals surface area contributed by atoms with Gasteiger partial charge in [0.15, 0.2) is 0 Å². The van der Waals surface area contributed by atoms with Gasteiger partial charge in [-0.3, -0.25) is 4.90 Å². The van der Waals surface area contributed by atoms with Crippen molar-refractivity contribution < 1.29 is 0 Å². The lowest BCUT2D eigenvalue weighted by Crippen LogP contribution is -2.36. The summed E-state index contributed by atoms with van der Waals surface area (Å²) in [6, 6.07) is 9.41. The van der Waals surface area contributed by atoms with Crippen LogP contribution in [0.25, 0.3) is 0 Å². The SMILES string of the molecule is CCC1CCCN1CC1(c2ccc(N)cc2)CC1. The first kappa shape index (κ1) is 12.0. The Kier molecular flexibility index (Phi) is 3.06. The van der Waals surface area contributed by atoms with E-state index in [4.69, 9.17) is 5.73 Å². The van der Waals surface area contributed by atoms with Crippen LogP contribution >= 0.6 is 0 Å². The molecule has 2 nitrogen and oxygen atoms in total. The standard InChI is InChI=1S/C16H24N2/c1-2-15-4-3-11-18(15)12-16(9-10-16)13-5-7-14(17)8-6-13/h5-8,15H,2-4,9-12,17H2,1H3. The van der Waals surface area contributed by atoms with Crippen LogP contribution in [-0.4, -0.2) is 24.0 Å². The smallest absolute Gasteiger partial charge is 0.0314 e. The van der Waals surface area contributed by atoms with Crippen LogP contribution in [0.15, 0.2) is 24.3 Å². The highest BCUT2D eigenvalue weighted by atomic mass is 15.2. The predicted octanol–water partition coefficient (Wildman–Crippen LogP) is 3.17. The van der Waals surface area contributed by atoms with Gasteiger partial charge in [0.05, 0.1) is 0 Å². The molecule has 0 spiro atoms. The van der Waals surface area contributed by atoms with Crippen molar-refractivity contribution in [1.82, 2.24) is 4.90 Å². The second kappa shape index (κ2) is 4.58. The highest BCUT2D eigenvalue weighted by Crippen LogP contribution is 2.49. The quantitative estimate of drug-likeness (QED) is 0.824. The highest BCUT2D eigenvalue weighted by molar-refractivity contribution is 5.43. The molecule has 2 aliphatic rings. The molecule has 1 aliphatic carbocycles. The van der Waals surface area contributed by atoms with Gasteiger partial charge in [-0.1, -0.05) is 19.1 Å². The maximum absolute atomic E-state index is 5.79. The van der Waals surface area contributed by atoms with Crippen molar-refractivity contribution in [3.05, 3.63) is 29.8 Å². The Bertz CT molecular complexity index is 406. The molecule has 98 valence electrons. The van der Waals surface area contributed by atoms with E-state index in [0.717, 1.165) is 11.7 Å². The van der Waals surface area contributed by atoms with Gasteiger partial charge >= 0.3 is 0 Å². The Hall–Kier alpha value is -1.02. The number of likely N-dealkylation sites (tertiary alicyclic amines) is 1. The maximum Gasteiger partial charge on any atom is 0.0314 e. The fraction of sp³-hybridized carbons (Fsp3) is 0.625. The van der Waals surface area contributed by atoms with Crippen LogP contribution in [0, 0.1) is 0 Å². The molecule has 0 bridgehead atoms. The first-order valence-corrected chi connectivity index (χ1v) is 7.33. The van der Waals surface area contributed by atoms with Crippen molar-refractivity contribution in [2.24, 2.45) is 0 Å². The average Bonchev–Trinajstić information content (AvgIpc) is 3.02. The topological polar surface area (TPSA) is 29.3 Å². The van der Waals surface area contributed by atoms with Gasteiger partial charge in [0.2, 0.25) is 0 Å². The number of benzene rings is 1. The van der Waals surface area contributed by atoms with E-state index >= 15 is 0 Å². The van der Waals surface area contributed by atoms with Crippen LogP contribution in [0.2, 0.25) is 0 Å². The van der Waals surface area contributed by atoms with Crippen molar-refractivity contribution >= 4 is 5.69 Å². The molecule has 1 atom stereocenters. The third kappa shape index (κ3) is 2.14. The van der Waals surface area contributed by atoms with Gasteiger partial charge in [-0.25, -0.2) is 0 Å². The number of nitrogens with zero attached hydrogens (tertiary/aromatic N) is 1. The van der Waals surface area contributed by atoms with Gasteiger partial charge in [0.1, 0.15) is 0 Å². The summed E-state index contributed by atoms with van der Waals surface area (Å²) in [5.74, 6) is 0. The molecule has 1 aromatic rings. The van der Waals surface area contributed by atoms with Gasteiger partial charge in [0, 0.05) is 23.7 Å². The summed E-state index contributed by atoms with van der Waals surface area (Å²) in [5, 5.41) is 0. The van der Waals surface area contributed by atoms with E-state index in [0.29, 0.717) is 5.41 Å². The van der Waals surface area contributed by atoms with Crippen LogP contribution in [0.4, 0.5) is 5.69 Å². The molecule has 3 rings (SSSR count). The number of anilines is 1. The molecule has 2 heteroatoms. The van der Waals surface area contributed by atoms with E-state index < -0.39 is 0 Å². The van der Waals surface area contributed by atoms with Crippen LogP contribution in [0.5, 0.6) is 0 Å². The normalized spacial score (nSPS) is 26.4. The Morgan fingerprint density at radius 3 is 2.61 bits per heavy atom. The van der Waals surface area contributed by atoms with E-state index in [2.05, 4.69) is 36.1 Å². The Labute approximate surface area is 110 Å². The van der Waals surface area contributed by atoms with Crippen LogP contribution < -0.4 is 5.73 Å². The second-order valence-corrected chi connectivity index (χ2v) is 6.08. The molecule has 1 heterocycles. The van der Waals surface area contributed by atoms with E-state index in [9.17, 15) is 0 Å². The lowest BCUT2D eigenvalue weighted by atomic mass is 9.94. The molecule has 0 aromatic heterocycles. The molecule has 1 saturated carbocycles. The minimum atomic E-state index is 0.450. The largest absolute Gasteiger partial charge is 0.399 e. The Morgan fingerprint density at radius 2 is 2.00 bits per heavy atom. The van der Waals surface area contributed by atoms with Gasteiger partial charge in [-0.15, -0.1) is 0 Å². The van der Waals surface area contributed by atoms with Crippen molar-refractivity contribution in [1.29, 1.82) is 0 Å². The highest BCUT2D eigenvalue weighted by Gasteiger charge is 2.46. The molecular weight excluding hydrogens is 220 g/mol. The number of nitrogen functional groups attached to an aromatic ring is 1. The van der Waals surface area contributed by atoms with Crippen LogP contribution in [0.1, 0.15) is 44.6 Å². The molecule has 1 aliphatic heterocycles. The second-order valence-electron chi connectivity index (χ2n) is 6.08. The summed E-state index contributed by atoms with van der Waals surface area (Å²) in [4.78, 5) is 2.73. The molecule has 2 fully saturated rings. The summed E-state index contributed by atoms with van der Waals surface area (Å²) < 4.78 is 0. The molecule has 0 radical (unpaired) electrons. The van der Waals surface area contributed by atoms with Gasteiger partial charge in [-0.05, 0) is 56.3 Å². The van der Waals surface area contributed by atoms with Crippen molar-refractivity contribution in [2.75, 3.05) is 18.8 Å². The summed E-state index contributed by atoms with van der Waals surface area (Å²) in [5.41, 5.74) is 8.61. The Balaban J connectivity index is 1.73. The summed E-state index contributed by atoms with van der Waals surface area (Å²) in [6.45, 7) is 4.89. The molecule has 1 aromatic carbocycles. The number of nitrogens with two attached hydrogens (primary N) is 1. The zero-order valence-electron chi connectivity index (χ0n) is 11.4. The van der Waals surface area contributed by atoms with Crippen LogP contribution in [0.3, 0.4) is 0 Å². The third-order valence-electron chi connectivity index (χ3n) is 4.85. The summed E-state index contributed by atoms with van der Waals surface area (Å²) >= 11 is 0. The van der Waals surface area contributed by atoms with E-state index in [1.165, 1.54) is 50.8 Å². The van der Waals surface area contributed by atoms with E-state index in [1.54, 1.807) is 0 Å². The van der Waals surface area contributed by atoms with E-state index in [-0.39, 0.29) is 0 Å². The Morgan fingerprint density at radius 1 is 1.28 bits per heavy atom. The number of rotatable bonds is 4. The minimum Gasteiger partial charge on any atom is -0.399 e. The fourth-order valence-corrected chi connectivity index (χ4v) is 3.48. The minimum absolute atomic E-state index is 0.450. The zero-order valence-corrected chi connectivity index (χ0v) is 11.4. The van der Waals surface area contributed by atoms with Crippen LogP contribution in [-0.2, 0) is 5.41 Å². The molecule has 18 heavy (non-hydrogen) atoms. The van der Waals surface area contributed by atoms with Crippen molar-refractivity contribution in [3.8, 4) is 0 Å². The van der Waals surface area contributed by atoms with Gasteiger partial charge in [0.25, 0.3) is 0 Å². The van der Waals surface area contributed by atoms with E-state index in [1.807, 2.05) is 0 Å². The summed E-state index contributed by atoms with van der Waals surface area (Å²) in [7, 11) is 0. The molecule has 1 saturated heterocycles. The first-order chi connectivity index (χ1) is 8.73. The molecule has 2 N–H and O–H groups in total. The lowest BCUT2D eigenvalue weighted by molar-refractivity contribution is 0.226. The monoisotopic (exact) mass is 244 g/mol. The maximum atomic E-state index is 5.79. The predicted molar refractivity (Wildman–Crippen MR) is 76.7 cm³/mol. The molecule has 1 unspecified atom stereocenters. The number of hydrogen-bond donors (Lipinski definition) is 1. The van der Waals surface area contributed by atoms with Gasteiger partial charge < -0.3 is 5.73 Å². The molecular formula is C16H24N2. The summed E-state index contributed by atoms with van der Waals surface area (Å²) in [6.07, 6.45) is 6.79. The molecule has 0 amide bonds. The third-order valence-corrected chi connectivity index (χ3v) is 4.85. The zero-order chi connectivity index (χ0) is 12.6. The fourth-order valence-electron chi connectivity index (χ4n) is 3.48. The number of hydrogen-bond acceptors (Lipinski definition) is 2. The first-order valence-electron chi connectivity index (χ1n) is 7.33. The van der Waals surface area contributed by atoms with Crippen molar-refractivity contribution in [2.45, 2.75) is 50.5 Å². The lowest BCUT2D eigenvalue weighted by Gasteiger charge is -2.28. The van der Waals surface area contributed by atoms with Crippen molar-refractivity contribution in [3.63, 3.8) is 0 Å².